The molecule has 0 saturated heterocycles. The van der Waals surface area contributed by atoms with Crippen molar-refractivity contribution in [2.24, 2.45) is 5.73 Å². The van der Waals surface area contributed by atoms with Crippen LogP contribution in [-0.2, 0) is 0 Å². The maximum Gasteiger partial charge on any atom is 0.0501 e. The van der Waals surface area contributed by atoms with Gasteiger partial charge in [-0.05, 0) is 36.6 Å². The Hall–Kier alpha value is -0.990. The molecule has 0 spiro atoms. The summed E-state index contributed by atoms with van der Waals surface area (Å²) < 4.78 is 0. The summed E-state index contributed by atoms with van der Waals surface area (Å²) in [6, 6.07) is 4.00. The van der Waals surface area contributed by atoms with Gasteiger partial charge in [-0.25, -0.2) is 0 Å². The van der Waals surface area contributed by atoms with Crippen molar-refractivity contribution in [3.63, 3.8) is 0 Å². The van der Waals surface area contributed by atoms with Gasteiger partial charge in [-0.15, -0.1) is 0 Å². The molecule has 0 aliphatic rings. The lowest BCUT2D eigenvalue weighted by Crippen LogP contribution is -2.08. The molecule has 1 atom stereocenters. The van der Waals surface area contributed by atoms with Crippen molar-refractivity contribution in [1.29, 1.82) is 0 Å². The number of H-pyrrole nitrogens is 1. The number of aryl methyl sites for hydroxylation is 1. The van der Waals surface area contributed by atoms with E-state index in [0.717, 1.165) is 16.1 Å². The normalized spacial score (nSPS) is 13.3. The standard InChI is InChI=1S/C12H15ClN2/c1-7(5-14)10-6-15-12-8(2)11(13)4-3-9(10)12/h3-4,6-7,15H,5,14H2,1-2H3. The summed E-state index contributed by atoms with van der Waals surface area (Å²) in [5.41, 5.74) is 9.18. The van der Waals surface area contributed by atoms with Crippen LogP contribution in [0.3, 0.4) is 0 Å². The first-order valence-electron chi connectivity index (χ1n) is 5.11. The molecule has 0 aliphatic heterocycles. The number of aromatic nitrogens is 1. The first-order valence-corrected chi connectivity index (χ1v) is 5.49. The molecule has 2 aromatic rings. The van der Waals surface area contributed by atoms with Gasteiger partial charge in [-0.3, -0.25) is 0 Å². The van der Waals surface area contributed by atoms with Gasteiger partial charge >= 0.3 is 0 Å². The largest absolute Gasteiger partial charge is 0.361 e. The number of benzene rings is 1. The van der Waals surface area contributed by atoms with E-state index < -0.39 is 0 Å². The van der Waals surface area contributed by atoms with Crippen molar-refractivity contribution in [2.45, 2.75) is 19.8 Å². The Labute approximate surface area is 94.4 Å². The zero-order valence-corrected chi connectivity index (χ0v) is 9.73. The number of fused-ring (bicyclic) bond motifs is 1. The number of aromatic amines is 1. The molecule has 1 heterocycles. The highest BCUT2D eigenvalue weighted by molar-refractivity contribution is 6.32. The Morgan fingerprint density at radius 3 is 2.87 bits per heavy atom. The van der Waals surface area contributed by atoms with E-state index in [2.05, 4.69) is 18.0 Å². The van der Waals surface area contributed by atoms with Crippen molar-refractivity contribution in [3.05, 3.63) is 34.5 Å². The Morgan fingerprint density at radius 2 is 2.20 bits per heavy atom. The van der Waals surface area contributed by atoms with Crippen LogP contribution in [0.2, 0.25) is 5.02 Å². The smallest absolute Gasteiger partial charge is 0.0501 e. The molecule has 3 N–H and O–H groups in total. The maximum atomic E-state index is 6.07. The molecular weight excluding hydrogens is 208 g/mol. The van der Waals surface area contributed by atoms with Gasteiger partial charge in [0.2, 0.25) is 0 Å². The quantitative estimate of drug-likeness (QED) is 0.805. The highest BCUT2D eigenvalue weighted by Gasteiger charge is 2.11. The van der Waals surface area contributed by atoms with E-state index >= 15 is 0 Å². The molecule has 1 unspecified atom stereocenters. The molecule has 2 rings (SSSR count). The predicted molar refractivity (Wildman–Crippen MR) is 65.5 cm³/mol. The summed E-state index contributed by atoms with van der Waals surface area (Å²) in [5.74, 6) is 0.374. The van der Waals surface area contributed by atoms with Crippen LogP contribution in [0.5, 0.6) is 0 Å². The van der Waals surface area contributed by atoms with Crippen molar-refractivity contribution in [1.82, 2.24) is 4.98 Å². The lowest BCUT2D eigenvalue weighted by molar-refractivity contribution is 0.780. The number of nitrogens with two attached hydrogens (primary N) is 1. The molecular formula is C12H15ClN2. The first kappa shape index (κ1) is 10.5. The number of hydrogen-bond acceptors (Lipinski definition) is 1. The minimum Gasteiger partial charge on any atom is -0.361 e. The fourth-order valence-corrected chi connectivity index (χ4v) is 2.03. The molecule has 15 heavy (non-hydrogen) atoms. The van der Waals surface area contributed by atoms with Gasteiger partial charge in [0.25, 0.3) is 0 Å². The maximum absolute atomic E-state index is 6.07. The molecule has 0 saturated carbocycles. The van der Waals surface area contributed by atoms with Crippen molar-refractivity contribution >= 4 is 22.5 Å². The van der Waals surface area contributed by atoms with Gasteiger partial charge in [0, 0.05) is 16.6 Å². The Kier molecular flexibility index (Phi) is 2.72. The minimum absolute atomic E-state index is 0.374. The summed E-state index contributed by atoms with van der Waals surface area (Å²) in [6.07, 6.45) is 2.03. The second kappa shape index (κ2) is 3.87. The van der Waals surface area contributed by atoms with Crippen LogP contribution >= 0.6 is 11.6 Å². The summed E-state index contributed by atoms with van der Waals surface area (Å²) >= 11 is 6.07. The van der Waals surface area contributed by atoms with Crippen LogP contribution in [0.1, 0.15) is 24.0 Å². The number of nitrogens with one attached hydrogen (secondary N) is 1. The average Bonchev–Trinajstić information content (AvgIpc) is 2.66. The van der Waals surface area contributed by atoms with E-state index in [0.29, 0.717) is 12.5 Å². The Morgan fingerprint density at radius 1 is 1.47 bits per heavy atom. The molecule has 0 amide bonds. The fourth-order valence-electron chi connectivity index (χ4n) is 1.88. The van der Waals surface area contributed by atoms with E-state index in [1.807, 2.05) is 19.2 Å². The van der Waals surface area contributed by atoms with Gasteiger partial charge in [-0.1, -0.05) is 24.6 Å². The lowest BCUT2D eigenvalue weighted by atomic mass is 10.00. The van der Waals surface area contributed by atoms with Crippen LogP contribution < -0.4 is 5.73 Å². The molecule has 3 heteroatoms. The van der Waals surface area contributed by atoms with Crippen LogP contribution in [-0.4, -0.2) is 11.5 Å². The van der Waals surface area contributed by atoms with Crippen molar-refractivity contribution in [2.75, 3.05) is 6.54 Å². The summed E-state index contributed by atoms with van der Waals surface area (Å²) in [4.78, 5) is 3.27. The highest BCUT2D eigenvalue weighted by Crippen LogP contribution is 2.30. The van der Waals surface area contributed by atoms with E-state index in [9.17, 15) is 0 Å². The van der Waals surface area contributed by atoms with Gasteiger partial charge in [0.15, 0.2) is 0 Å². The van der Waals surface area contributed by atoms with Gasteiger partial charge < -0.3 is 10.7 Å². The second-order valence-corrected chi connectivity index (χ2v) is 4.38. The van der Waals surface area contributed by atoms with Crippen LogP contribution in [0, 0.1) is 6.92 Å². The third-order valence-electron chi connectivity index (χ3n) is 2.97. The van der Waals surface area contributed by atoms with Gasteiger partial charge in [-0.2, -0.15) is 0 Å². The molecule has 1 aromatic carbocycles. The average molecular weight is 223 g/mol. The summed E-state index contributed by atoms with van der Waals surface area (Å²) in [7, 11) is 0. The molecule has 0 fully saturated rings. The Balaban J connectivity index is 2.67. The molecule has 0 aliphatic carbocycles. The SMILES string of the molecule is Cc1c(Cl)ccc2c(C(C)CN)c[nH]c12. The summed E-state index contributed by atoms with van der Waals surface area (Å²) in [6.45, 7) is 4.82. The highest BCUT2D eigenvalue weighted by atomic mass is 35.5. The number of rotatable bonds is 2. The zero-order chi connectivity index (χ0) is 11.0. The molecule has 1 aromatic heterocycles. The number of hydrogen-bond donors (Lipinski definition) is 2. The molecule has 80 valence electrons. The minimum atomic E-state index is 0.374. The van der Waals surface area contributed by atoms with Crippen molar-refractivity contribution < 1.29 is 0 Å². The van der Waals surface area contributed by atoms with Gasteiger partial charge in [0.05, 0.1) is 5.52 Å². The monoisotopic (exact) mass is 222 g/mol. The molecule has 0 radical (unpaired) electrons. The number of halogens is 1. The van der Waals surface area contributed by atoms with Crippen LogP contribution in [0.25, 0.3) is 10.9 Å². The molecule has 0 bridgehead atoms. The fraction of sp³-hybridized carbons (Fsp3) is 0.333. The topological polar surface area (TPSA) is 41.8 Å². The van der Waals surface area contributed by atoms with E-state index in [1.54, 1.807) is 0 Å². The Bertz CT molecular complexity index is 488. The van der Waals surface area contributed by atoms with Gasteiger partial charge in [0.1, 0.15) is 0 Å². The van der Waals surface area contributed by atoms with E-state index in [1.165, 1.54) is 10.9 Å². The van der Waals surface area contributed by atoms with Crippen LogP contribution in [0.15, 0.2) is 18.3 Å². The second-order valence-electron chi connectivity index (χ2n) is 3.98. The zero-order valence-electron chi connectivity index (χ0n) is 8.97. The molecule has 2 nitrogen and oxygen atoms in total. The predicted octanol–water partition coefficient (Wildman–Crippen LogP) is 3.19. The third kappa shape index (κ3) is 1.64. The lowest BCUT2D eigenvalue weighted by Gasteiger charge is -2.07. The van der Waals surface area contributed by atoms with Crippen molar-refractivity contribution in [3.8, 4) is 0 Å². The summed E-state index contributed by atoms with van der Waals surface area (Å²) in [5, 5.41) is 2.03. The van der Waals surface area contributed by atoms with E-state index in [4.69, 9.17) is 17.3 Å². The third-order valence-corrected chi connectivity index (χ3v) is 3.38. The van der Waals surface area contributed by atoms with Crippen LogP contribution in [0.4, 0.5) is 0 Å². The van der Waals surface area contributed by atoms with E-state index in [-0.39, 0.29) is 0 Å². The first-order chi connectivity index (χ1) is 7.15.